The summed E-state index contributed by atoms with van der Waals surface area (Å²) in [6.07, 6.45) is 10.3. The van der Waals surface area contributed by atoms with Crippen molar-refractivity contribution in [3.63, 3.8) is 0 Å². The van der Waals surface area contributed by atoms with E-state index < -0.39 is 0 Å². The Balaban J connectivity index is 1.61. The molecule has 18 heavy (non-hydrogen) atoms. The minimum absolute atomic E-state index is 0.123. The molecule has 0 bridgehead atoms. The first kappa shape index (κ1) is 14.3. The van der Waals surface area contributed by atoms with Gasteiger partial charge in [-0.2, -0.15) is 0 Å². The second-order valence-corrected chi connectivity index (χ2v) is 6.41. The van der Waals surface area contributed by atoms with Crippen molar-refractivity contribution in [3.05, 3.63) is 0 Å². The van der Waals surface area contributed by atoms with Crippen LogP contribution in [0.5, 0.6) is 0 Å². The molecule has 2 atom stereocenters. The van der Waals surface area contributed by atoms with Gasteiger partial charge in [0.1, 0.15) is 0 Å². The van der Waals surface area contributed by atoms with E-state index in [-0.39, 0.29) is 6.10 Å². The van der Waals surface area contributed by atoms with Crippen LogP contribution in [-0.2, 0) is 0 Å². The summed E-state index contributed by atoms with van der Waals surface area (Å²) in [4.78, 5) is 2.31. The number of nitrogens with one attached hydrogen (secondary N) is 1. The highest BCUT2D eigenvalue weighted by molar-refractivity contribution is 4.77. The lowest BCUT2D eigenvalue weighted by atomic mass is 9.99. The van der Waals surface area contributed by atoms with Crippen LogP contribution >= 0.6 is 0 Å². The van der Waals surface area contributed by atoms with Gasteiger partial charge in [0.2, 0.25) is 0 Å². The molecule has 106 valence electrons. The van der Waals surface area contributed by atoms with Crippen LogP contribution in [0.1, 0.15) is 51.4 Å². The van der Waals surface area contributed by atoms with E-state index in [2.05, 4.69) is 17.3 Å². The molecule has 2 N–H and O–H groups in total. The third-order valence-electron chi connectivity index (χ3n) is 4.55. The van der Waals surface area contributed by atoms with Gasteiger partial charge in [0.25, 0.3) is 0 Å². The van der Waals surface area contributed by atoms with Crippen LogP contribution in [-0.4, -0.2) is 48.8 Å². The maximum Gasteiger partial charge on any atom is 0.0669 e. The van der Waals surface area contributed by atoms with E-state index in [4.69, 9.17) is 0 Å². The highest BCUT2D eigenvalue weighted by atomic mass is 16.3. The topological polar surface area (TPSA) is 35.5 Å². The zero-order valence-electron chi connectivity index (χ0n) is 11.9. The third kappa shape index (κ3) is 4.87. The number of hydrogen-bond acceptors (Lipinski definition) is 3. The molecular weight excluding hydrogens is 224 g/mol. The van der Waals surface area contributed by atoms with Crippen molar-refractivity contribution in [1.82, 2.24) is 10.2 Å². The van der Waals surface area contributed by atoms with E-state index >= 15 is 0 Å². The van der Waals surface area contributed by atoms with Crippen LogP contribution in [0.4, 0.5) is 0 Å². The van der Waals surface area contributed by atoms with Gasteiger partial charge >= 0.3 is 0 Å². The Kier molecular flexibility index (Phi) is 5.93. The first-order valence-corrected chi connectivity index (χ1v) is 7.84. The fourth-order valence-corrected chi connectivity index (χ4v) is 3.60. The third-order valence-corrected chi connectivity index (χ3v) is 4.55. The maximum absolute atomic E-state index is 10.1. The largest absolute Gasteiger partial charge is 0.392 e. The molecule has 0 aromatic carbocycles. The lowest BCUT2D eigenvalue weighted by molar-refractivity contribution is 0.0963. The van der Waals surface area contributed by atoms with Gasteiger partial charge < -0.3 is 15.3 Å². The molecule has 3 nitrogen and oxygen atoms in total. The van der Waals surface area contributed by atoms with Crippen LogP contribution in [0, 0.1) is 5.92 Å². The Morgan fingerprint density at radius 2 is 1.89 bits per heavy atom. The van der Waals surface area contributed by atoms with Gasteiger partial charge in [0.15, 0.2) is 0 Å². The molecule has 1 aliphatic heterocycles. The van der Waals surface area contributed by atoms with E-state index in [0.29, 0.717) is 6.04 Å². The summed E-state index contributed by atoms with van der Waals surface area (Å²) in [6, 6.07) is 0.641. The van der Waals surface area contributed by atoms with Gasteiger partial charge in [-0.1, -0.05) is 32.1 Å². The molecule has 0 amide bonds. The molecule has 1 aliphatic carbocycles. The zero-order valence-corrected chi connectivity index (χ0v) is 11.9. The van der Waals surface area contributed by atoms with Crippen molar-refractivity contribution in [2.24, 2.45) is 5.92 Å². The van der Waals surface area contributed by atoms with Gasteiger partial charge in [-0.25, -0.2) is 0 Å². The fraction of sp³-hybridized carbons (Fsp3) is 1.00. The Bertz CT molecular complexity index is 223. The molecule has 3 heteroatoms. The standard InChI is InChI=1S/C15H30N2O/c1-17(11-14-8-4-5-9-16-14)12-15(18)10-13-6-2-3-7-13/h13-16,18H,2-12H2,1H3. The number of likely N-dealkylation sites (N-methyl/N-ethyl adjacent to an activating group) is 1. The number of aliphatic hydroxyl groups excluding tert-OH is 1. The van der Waals surface area contributed by atoms with E-state index in [9.17, 15) is 5.11 Å². The van der Waals surface area contributed by atoms with Crippen LogP contribution in [0.3, 0.4) is 0 Å². The van der Waals surface area contributed by atoms with E-state index in [0.717, 1.165) is 25.4 Å². The van der Waals surface area contributed by atoms with Gasteiger partial charge in [-0.05, 0) is 38.8 Å². The summed E-state index contributed by atoms with van der Waals surface area (Å²) in [7, 11) is 2.15. The second-order valence-electron chi connectivity index (χ2n) is 6.41. The molecular formula is C15H30N2O. The Morgan fingerprint density at radius 1 is 1.17 bits per heavy atom. The Hall–Kier alpha value is -0.120. The summed E-state index contributed by atoms with van der Waals surface area (Å²) in [5, 5.41) is 13.7. The zero-order chi connectivity index (χ0) is 12.8. The molecule has 0 radical (unpaired) electrons. The molecule has 2 unspecified atom stereocenters. The highest BCUT2D eigenvalue weighted by Gasteiger charge is 2.21. The van der Waals surface area contributed by atoms with Crippen LogP contribution in [0.2, 0.25) is 0 Å². The van der Waals surface area contributed by atoms with Crippen molar-refractivity contribution in [3.8, 4) is 0 Å². The predicted octanol–water partition coefficient (Wildman–Crippen LogP) is 2.00. The molecule has 1 saturated carbocycles. The lowest BCUT2D eigenvalue weighted by Gasteiger charge is -2.29. The summed E-state index contributed by atoms with van der Waals surface area (Å²) in [5.41, 5.74) is 0. The van der Waals surface area contributed by atoms with Gasteiger partial charge in [-0.15, -0.1) is 0 Å². The number of rotatable bonds is 6. The average molecular weight is 254 g/mol. The number of aliphatic hydroxyl groups is 1. The minimum Gasteiger partial charge on any atom is -0.392 e. The monoisotopic (exact) mass is 254 g/mol. The van der Waals surface area contributed by atoms with Crippen molar-refractivity contribution in [1.29, 1.82) is 0 Å². The Morgan fingerprint density at radius 3 is 2.56 bits per heavy atom. The SMILES string of the molecule is CN(CC(O)CC1CCCC1)CC1CCCCN1. The van der Waals surface area contributed by atoms with Crippen LogP contribution in [0.25, 0.3) is 0 Å². The summed E-state index contributed by atoms with van der Waals surface area (Å²) >= 11 is 0. The van der Waals surface area contributed by atoms with Crippen molar-refractivity contribution in [2.75, 3.05) is 26.7 Å². The van der Waals surface area contributed by atoms with Gasteiger partial charge in [-0.3, -0.25) is 0 Å². The summed E-state index contributed by atoms with van der Waals surface area (Å²) in [5.74, 6) is 0.793. The molecule has 2 aliphatic rings. The number of nitrogens with zero attached hydrogens (tertiary/aromatic N) is 1. The Labute approximate surface area is 112 Å². The quantitative estimate of drug-likeness (QED) is 0.761. The number of hydrogen-bond donors (Lipinski definition) is 2. The summed E-state index contributed by atoms with van der Waals surface area (Å²) in [6.45, 7) is 3.10. The molecule has 0 aromatic rings. The fourth-order valence-electron chi connectivity index (χ4n) is 3.60. The molecule has 0 aromatic heterocycles. The average Bonchev–Trinajstić information content (AvgIpc) is 2.82. The van der Waals surface area contributed by atoms with E-state index in [1.165, 1.54) is 51.5 Å². The molecule has 1 saturated heterocycles. The van der Waals surface area contributed by atoms with Crippen molar-refractivity contribution < 1.29 is 5.11 Å². The first-order valence-electron chi connectivity index (χ1n) is 7.84. The molecule has 1 heterocycles. The van der Waals surface area contributed by atoms with Crippen molar-refractivity contribution >= 4 is 0 Å². The normalized spacial score (nSPS) is 27.8. The van der Waals surface area contributed by atoms with Crippen molar-refractivity contribution in [2.45, 2.75) is 63.5 Å². The van der Waals surface area contributed by atoms with Gasteiger partial charge in [0.05, 0.1) is 6.10 Å². The molecule has 0 spiro atoms. The molecule has 2 rings (SSSR count). The minimum atomic E-state index is -0.123. The van der Waals surface area contributed by atoms with Crippen LogP contribution in [0.15, 0.2) is 0 Å². The molecule has 2 fully saturated rings. The van der Waals surface area contributed by atoms with Crippen LogP contribution < -0.4 is 5.32 Å². The second kappa shape index (κ2) is 7.46. The van der Waals surface area contributed by atoms with E-state index in [1.54, 1.807) is 0 Å². The highest BCUT2D eigenvalue weighted by Crippen LogP contribution is 2.28. The smallest absolute Gasteiger partial charge is 0.0669 e. The lowest BCUT2D eigenvalue weighted by Crippen LogP contribution is -2.44. The first-order chi connectivity index (χ1) is 8.74. The van der Waals surface area contributed by atoms with E-state index in [1.807, 2.05) is 0 Å². The maximum atomic E-state index is 10.1. The summed E-state index contributed by atoms with van der Waals surface area (Å²) < 4.78 is 0. The van der Waals surface area contributed by atoms with Gasteiger partial charge in [0, 0.05) is 19.1 Å². The predicted molar refractivity (Wildman–Crippen MR) is 75.7 cm³/mol. The number of piperidine rings is 1.